The molecule has 0 radical (unpaired) electrons. The molecular weight excluding hydrogens is 298 g/mol. The highest BCUT2D eigenvalue weighted by atomic mass is 35.5. The molecular formula is C17H24ClN3O. The minimum atomic E-state index is -0.212. The number of benzene rings is 1. The smallest absolute Gasteiger partial charge is 0.229 e. The van der Waals surface area contributed by atoms with Crippen LogP contribution >= 0.6 is 11.6 Å². The third kappa shape index (κ3) is 5.20. The minimum absolute atomic E-state index is 0.141. The van der Waals surface area contributed by atoms with Crippen LogP contribution in [0.4, 0.5) is 0 Å². The molecule has 0 aromatic heterocycles. The van der Waals surface area contributed by atoms with Crippen LogP contribution in [0.1, 0.15) is 31.4 Å². The quantitative estimate of drug-likeness (QED) is 0.799. The molecule has 120 valence electrons. The standard InChI is InChI=1S/C15H18ClN3O.C2H6/c1-10(17)19-15(20)8-13-12(5-2-6-14(13)16)11-4-3-7-18-9-11;1-2/h2,4-6,18H,1,3,7-9,17H2,(H,19,20);1-2H3. The predicted octanol–water partition coefficient (Wildman–Crippen LogP) is 2.83. The molecule has 4 N–H and O–H groups in total. The molecule has 22 heavy (non-hydrogen) atoms. The number of nitrogens with one attached hydrogen (secondary N) is 2. The average molecular weight is 322 g/mol. The van der Waals surface area contributed by atoms with E-state index in [0.29, 0.717) is 5.02 Å². The van der Waals surface area contributed by atoms with Gasteiger partial charge in [-0.05, 0) is 35.7 Å². The van der Waals surface area contributed by atoms with Crippen LogP contribution in [0.3, 0.4) is 0 Å². The topological polar surface area (TPSA) is 67.1 Å². The van der Waals surface area contributed by atoms with E-state index in [0.717, 1.165) is 30.6 Å². The lowest BCUT2D eigenvalue weighted by molar-refractivity contribution is -0.119. The Balaban J connectivity index is 0.00000116. The van der Waals surface area contributed by atoms with Crippen LogP contribution < -0.4 is 16.4 Å². The fourth-order valence-electron chi connectivity index (χ4n) is 2.27. The van der Waals surface area contributed by atoms with Gasteiger partial charge in [-0.15, -0.1) is 0 Å². The Kier molecular flexibility index (Phi) is 7.71. The van der Waals surface area contributed by atoms with Crippen LogP contribution in [0.2, 0.25) is 5.02 Å². The Hall–Kier alpha value is -1.78. The lowest BCUT2D eigenvalue weighted by atomic mass is 9.95. The first-order valence-corrected chi connectivity index (χ1v) is 7.87. The van der Waals surface area contributed by atoms with E-state index in [1.54, 1.807) is 6.07 Å². The van der Waals surface area contributed by atoms with E-state index in [-0.39, 0.29) is 18.1 Å². The summed E-state index contributed by atoms with van der Waals surface area (Å²) in [6.07, 6.45) is 3.35. The summed E-state index contributed by atoms with van der Waals surface area (Å²) in [6.45, 7) is 9.23. The zero-order chi connectivity index (χ0) is 16.5. The Morgan fingerprint density at radius 1 is 1.45 bits per heavy atom. The second-order valence-corrected chi connectivity index (χ2v) is 5.12. The van der Waals surface area contributed by atoms with Crippen molar-refractivity contribution in [3.8, 4) is 0 Å². The Morgan fingerprint density at radius 2 is 2.18 bits per heavy atom. The van der Waals surface area contributed by atoms with Crippen molar-refractivity contribution in [1.29, 1.82) is 0 Å². The number of hydrogen-bond acceptors (Lipinski definition) is 3. The van der Waals surface area contributed by atoms with Crippen molar-refractivity contribution >= 4 is 23.1 Å². The summed E-state index contributed by atoms with van der Waals surface area (Å²) in [5.74, 6) is -0.0710. The number of amides is 1. The maximum Gasteiger partial charge on any atom is 0.229 e. The van der Waals surface area contributed by atoms with Crippen LogP contribution in [0.25, 0.3) is 5.57 Å². The van der Waals surface area contributed by atoms with Crippen LogP contribution in [-0.2, 0) is 11.2 Å². The molecule has 0 saturated heterocycles. The summed E-state index contributed by atoms with van der Waals surface area (Å²) < 4.78 is 0. The van der Waals surface area contributed by atoms with Gasteiger partial charge in [-0.2, -0.15) is 0 Å². The van der Waals surface area contributed by atoms with Gasteiger partial charge in [0.05, 0.1) is 12.2 Å². The van der Waals surface area contributed by atoms with Crippen molar-refractivity contribution < 1.29 is 4.79 Å². The lowest BCUT2D eigenvalue weighted by Crippen LogP contribution is -2.28. The number of halogens is 1. The normalized spacial score (nSPS) is 13.5. The SMILES string of the molecule is C=C(N)NC(=O)Cc1c(Cl)cccc1C1=CCCNC1.CC. The van der Waals surface area contributed by atoms with Gasteiger partial charge in [0.1, 0.15) is 0 Å². The van der Waals surface area contributed by atoms with Crippen molar-refractivity contribution in [3.05, 3.63) is 52.8 Å². The van der Waals surface area contributed by atoms with E-state index in [1.807, 2.05) is 26.0 Å². The van der Waals surface area contributed by atoms with E-state index in [4.69, 9.17) is 17.3 Å². The summed E-state index contributed by atoms with van der Waals surface area (Å²) in [7, 11) is 0. The number of rotatable bonds is 4. The van der Waals surface area contributed by atoms with Gasteiger partial charge in [0, 0.05) is 11.6 Å². The fourth-order valence-corrected chi connectivity index (χ4v) is 2.51. The van der Waals surface area contributed by atoms with Gasteiger partial charge in [-0.25, -0.2) is 0 Å². The summed E-state index contributed by atoms with van der Waals surface area (Å²) in [5, 5.41) is 6.41. The molecule has 0 atom stereocenters. The van der Waals surface area contributed by atoms with Crippen molar-refractivity contribution in [1.82, 2.24) is 10.6 Å². The first-order chi connectivity index (χ1) is 10.6. The number of carbonyl (C=O) groups excluding carboxylic acids is 1. The molecule has 0 saturated carbocycles. The Morgan fingerprint density at radius 3 is 2.77 bits per heavy atom. The largest absolute Gasteiger partial charge is 0.386 e. The number of carbonyl (C=O) groups is 1. The summed E-state index contributed by atoms with van der Waals surface area (Å²) in [6, 6.07) is 5.68. The van der Waals surface area contributed by atoms with E-state index < -0.39 is 0 Å². The second-order valence-electron chi connectivity index (χ2n) is 4.71. The van der Waals surface area contributed by atoms with Crippen LogP contribution in [0.5, 0.6) is 0 Å². The molecule has 0 unspecified atom stereocenters. The van der Waals surface area contributed by atoms with Crippen LogP contribution in [0, 0.1) is 0 Å². The zero-order valence-electron chi connectivity index (χ0n) is 13.2. The van der Waals surface area contributed by atoms with Gasteiger partial charge in [-0.1, -0.05) is 50.2 Å². The molecule has 1 aromatic carbocycles. The van der Waals surface area contributed by atoms with Gasteiger partial charge in [-0.3, -0.25) is 4.79 Å². The molecule has 4 nitrogen and oxygen atoms in total. The van der Waals surface area contributed by atoms with Gasteiger partial charge in [0.25, 0.3) is 0 Å². The Labute approximate surface area is 137 Å². The van der Waals surface area contributed by atoms with Crippen LogP contribution in [-0.4, -0.2) is 19.0 Å². The molecule has 0 aliphatic carbocycles. The lowest BCUT2D eigenvalue weighted by Gasteiger charge is -2.18. The predicted molar refractivity (Wildman–Crippen MR) is 93.4 cm³/mol. The molecule has 1 amide bonds. The van der Waals surface area contributed by atoms with Gasteiger partial charge in [0.15, 0.2) is 0 Å². The van der Waals surface area contributed by atoms with E-state index in [2.05, 4.69) is 23.3 Å². The molecule has 1 heterocycles. The number of nitrogens with two attached hydrogens (primary N) is 1. The van der Waals surface area contributed by atoms with E-state index >= 15 is 0 Å². The first kappa shape index (κ1) is 18.3. The zero-order valence-corrected chi connectivity index (χ0v) is 14.0. The Bertz CT molecular complexity index is 567. The maximum absolute atomic E-state index is 11.9. The van der Waals surface area contributed by atoms with Gasteiger partial charge in [0.2, 0.25) is 5.91 Å². The monoisotopic (exact) mass is 321 g/mol. The molecule has 1 aliphatic rings. The highest BCUT2D eigenvalue weighted by molar-refractivity contribution is 6.31. The summed E-state index contributed by atoms with van der Waals surface area (Å²) in [5.41, 5.74) is 8.40. The van der Waals surface area contributed by atoms with Crippen molar-refractivity contribution in [2.75, 3.05) is 13.1 Å². The maximum atomic E-state index is 11.9. The van der Waals surface area contributed by atoms with Gasteiger partial charge >= 0.3 is 0 Å². The highest BCUT2D eigenvalue weighted by Crippen LogP contribution is 2.27. The van der Waals surface area contributed by atoms with E-state index in [9.17, 15) is 4.79 Å². The fraction of sp³-hybridized carbons (Fsp3) is 0.353. The van der Waals surface area contributed by atoms with Crippen LogP contribution in [0.15, 0.2) is 36.7 Å². The molecule has 0 spiro atoms. The van der Waals surface area contributed by atoms with Crippen molar-refractivity contribution in [2.45, 2.75) is 26.7 Å². The first-order valence-electron chi connectivity index (χ1n) is 7.49. The average Bonchev–Trinajstić information content (AvgIpc) is 2.51. The minimum Gasteiger partial charge on any atom is -0.386 e. The number of hydrogen-bond donors (Lipinski definition) is 3. The summed E-state index contributed by atoms with van der Waals surface area (Å²) in [4.78, 5) is 11.9. The molecule has 0 bridgehead atoms. The summed E-state index contributed by atoms with van der Waals surface area (Å²) >= 11 is 6.25. The molecule has 2 rings (SSSR count). The van der Waals surface area contributed by atoms with Gasteiger partial charge < -0.3 is 16.4 Å². The molecule has 5 heteroatoms. The third-order valence-electron chi connectivity index (χ3n) is 3.13. The highest BCUT2D eigenvalue weighted by Gasteiger charge is 2.15. The molecule has 0 fully saturated rings. The van der Waals surface area contributed by atoms with Crippen molar-refractivity contribution in [2.24, 2.45) is 5.73 Å². The van der Waals surface area contributed by atoms with Crippen molar-refractivity contribution in [3.63, 3.8) is 0 Å². The molecule has 1 aliphatic heterocycles. The van der Waals surface area contributed by atoms with E-state index in [1.165, 1.54) is 5.57 Å². The second kappa shape index (κ2) is 9.28. The molecule has 1 aromatic rings. The third-order valence-corrected chi connectivity index (χ3v) is 3.48.